The van der Waals surface area contributed by atoms with Gasteiger partial charge in [-0.2, -0.15) is 0 Å². The van der Waals surface area contributed by atoms with Crippen LogP contribution in [0.5, 0.6) is 11.5 Å². The minimum Gasteiger partial charge on any atom is -0.493 e. The van der Waals surface area contributed by atoms with Crippen molar-refractivity contribution in [1.29, 1.82) is 0 Å². The smallest absolute Gasteiger partial charge is 0.185 e. The Bertz CT molecular complexity index is 808. The first-order valence-corrected chi connectivity index (χ1v) is 9.67. The Morgan fingerprint density at radius 2 is 1.86 bits per heavy atom. The standard InChI is InChI=1S/C23H27NO4/c1-3-14-28-23-17-18(5-11-22(23)26-2)4-10-21(25)19-6-8-20(9-7-19)24-12-15-27-16-13-24/h4-11,17H,3,12-16H2,1-2H3/b10-4+. The fourth-order valence-electron chi connectivity index (χ4n) is 3.05. The SMILES string of the molecule is CCCOc1cc(/C=C/C(=O)c2ccc(N3CCOCC3)cc2)ccc1OC. The van der Waals surface area contributed by atoms with E-state index in [-0.39, 0.29) is 5.78 Å². The van der Waals surface area contributed by atoms with E-state index < -0.39 is 0 Å². The molecule has 5 nitrogen and oxygen atoms in total. The Morgan fingerprint density at radius 3 is 2.54 bits per heavy atom. The van der Waals surface area contributed by atoms with Gasteiger partial charge in [0.25, 0.3) is 0 Å². The molecule has 0 radical (unpaired) electrons. The molecule has 0 atom stereocenters. The molecule has 2 aromatic carbocycles. The summed E-state index contributed by atoms with van der Waals surface area (Å²) >= 11 is 0. The largest absolute Gasteiger partial charge is 0.493 e. The summed E-state index contributed by atoms with van der Waals surface area (Å²) in [6.45, 7) is 5.93. The van der Waals surface area contributed by atoms with E-state index in [0.717, 1.165) is 44.0 Å². The molecule has 5 heteroatoms. The van der Waals surface area contributed by atoms with Gasteiger partial charge in [-0.05, 0) is 54.5 Å². The van der Waals surface area contributed by atoms with Crippen molar-refractivity contribution in [1.82, 2.24) is 0 Å². The predicted molar refractivity (Wildman–Crippen MR) is 112 cm³/mol. The van der Waals surface area contributed by atoms with Gasteiger partial charge in [-0.15, -0.1) is 0 Å². The van der Waals surface area contributed by atoms with E-state index in [1.54, 1.807) is 19.3 Å². The lowest BCUT2D eigenvalue weighted by atomic mass is 10.1. The lowest BCUT2D eigenvalue weighted by molar-refractivity contribution is 0.104. The molecule has 28 heavy (non-hydrogen) atoms. The van der Waals surface area contributed by atoms with Crippen molar-refractivity contribution < 1.29 is 19.0 Å². The van der Waals surface area contributed by atoms with Crippen molar-refractivity contribution >= 4 is 17.5 Å². The zero-order chi connectivity index (χ0) is 19.8. The zero-order valence-corrected chi connectivity index (χ0v) is 16.5. The maximum atomic E-state index is 12.5. The monoisotopic (exact) mass is 381 g/mol. The molecule has 0 N–H and O–H groups in total. The van der Waals surface area contributed by atoms with Crippen LogP contribution in [0.3, 0.4) is 0 Å². The number of carbonyl (C=O) groups is 1. The molecular formula is C23H27NO4. The summed E-state index contributed by atoms with van der Waals surface area (Å²) in [5.74, 6) is 1.35. The number of allylic oxidation sites excluding steroid dienone is 1. The van der Waals surface area contributed by atoms with E-state index in [9.17, 15) is 4.79 Å². The third kappa shape index (κ3) is 5.14. The minimum absolute atomic E-state index is 0.0274. The summed E-state index contributed by atoms with van der Waals surface area (Å²) < 4.78 is 16.4. The predicted octanol–water partition coefficient (Wildman–Crippen LogP) is 4.22. The average molecular weight is 381 g/mol. The van der Waals surface area contributed by atoms with E-state index in [4.69, 9.17) is 14.2 Å². The number of morpholine rings is 1. The molecule has 148 valence electrons. The molecular weight excluding hydrogens is 354 g/mol. The van der Waals surface area contributed by atoms with E-state index >= 15 is 0 Å². The molecule has 1 saturated heterocycles. The van der Waals surface area contributed by atoms with Crippen LogP contribution >= 0.6 is 0 Å². The Morgan fingerprint density at radius 1 is 1.11 bits per heavy atom. The second-order valence-corrected chi connectivity index (χ2v) is 6.60. The highest BCUT2D eigenvalue weighted by Gasteiger charge is 2.11. The van der Waals surface area contributed by atoms with Crippen LogP contribution in [0.4, 0.5) is 5.69 Å². The topological polar surface area (TPSA) is 48.0 Å². The quantitative estimate of drug-likeness (QED) is 0.506. The second kappa shape index (κ2) is 9.95. The third-order valence-corrected chi connectivity index (χ3v) is 4.60. The van der Waals surface area contributed by atoms with Crippen molar-refractivity contribution in [3.05, 3.63) is 59.7 Å². The number of anilines is 1. The summed E-state index contributed by atoms with van der Waals surface area (Å²) in [4.78, 5) is 14.8. The molecule has 1 fully saturated rings. The number of carbonyl (C=O) groups excluding carboxylic acids is 1. The summed E-state index contributed by atoms with van der Waals surface area (Å²) in [7, 11) is 1.62. The second-order valence-electron chi connectivity index (χ2n) is 6.60. The summed E-state index contributed by atoms with van der Waals surface area (Å²) in [5.41, 5.74) is 2.69. The van der Waals surface area contributed by atoms with Gasteiger partial charge in [0.2, 0.25) is 0 Å². The Kier molecular flexibility index (Phi) is 7.09. The van der Waals surface area contributed by atoms with Gasteiger partial charge in [0.1, 0.15) is 0 Å². The highest BCUT2D eigenvalue weighted by molar-refractivity contribution is 6.07. The van der Waals surface area contributed by atoms with Crippen LogP contribution in [-0.4, -0.2) is 45.8 Å². The number of nitrogens with zero attached hydrogens (tertiary/aromatic N) is 1. The van der Waals surface area contributed by atoms with Crippen LogP contribution in [0.1, 0.15) is 29.3 Å². The fourth-order valence-corrected chi connectivity index (χ4v) is 3.05. The molecule has 2 aromatic rings. The van der Waals surface area contributed by atoms with Gasteiger partial charge >= 0.3 is 0 Å². The lowest BCUT2D eigenvalue weighted by Crippen LogP contribution is -2.36. The van der Waals surface area contributed by atoms with E-state index in [1.165, 1.54) is 0 Å². The lowest BCUT2D eigenvalue weighted by Gasteiger charge is -2.28. The van der Waals surface area contributed by atoms with Crippen LogP contribution < -0.4 is 14.4 Å². The van der Waals surface area contributed by atoms with E-state index in [0.29, 0.717) is 23.7 Å². The summed E-state index contributed by atoms with van der Waals surface area (Å²) in [6, 6.07) is 13.4. The van der Waals surface area contributed by atoms with E-state index in [1.807, 2.05) is 42.5 Å². The molecule has 1 aliphatic rings. The number of hydrogen-bond acceptors (Lipinski definition) is 5. The van der Waals surface area contributed by atoms with E-state index in [2.05, 4.69) is 11.8 Å². The van der Waals surface area contributed by atoms with Gasteiger partial charge in [0.15, 0.2) is 17.3 Å². The van der Waals surface area contributed by atoms with Crippen molar-refractivity contribution in [2.45, 2.75) is 13.3 Å². The number of methoxy groups -OCH3 is 1. The highest BCUT2D eigenvalue weighted by atomic mass is 16.5. The third-order valence-electron chi connectivity index (χ3n) is 4.60. The molecule has 1 aliphatic heterocycles. The zero-order valence-electron chi connectivity index (χ0n) is 16.5. The molecule has 0 unspecified atom stereocenters. The summed E-state index contributed by atoms with van der Waals surface area (Å²) in [5, 5.41) is 0. The van der Waals surface area contributed by atoms with Gasteiger partial charge in [-0.3, -0.25) is 4.79 Å². The number of ketones is 1. The number of benzene rings is 2. The van der Waals surface area contributed by atoms with Gasteiger partial charge in [0, 0.05) is 24.3 Å². The normalized spacial score (nSPS) is 14.3. The maximum absolute atomic E-state index is 12.5. The van der Waals surface area contributed by atoms with Crippen molar-refractivity contribution in [2.24, 2.45) is 0 Å². The maximum Gasteiger partial charge on any atom is 0.185 e. The van der Waals surface area contributed by atoms with Crippen LogP contribution in [-0.2, 0) is 4.74 Å². The summed E-state index contributed by atoms with van der Waals surface area (Å²) in [6.07, 6.45) is 4.31. The Hall–Kier alpha value is -2.79. The molecule has 3 rings (SSSR count). The average Bonchev–Trinajstić information content (AvgIpc) is 2.76. The molecule has 1 heterocycles. The van der Waals surface area contributed by atoms with Gasteiger partial charge < -0.3 is 19.1 Å². The molecule has 0 aliphatic carbocycles. The first kappa shape index (κ1) is 20.0. The van der Waals surface area contributed by atoms with Crippen LogP contribution in [0.15, 0.2) is 48.5 Å². The molecule has 0 spiro atoms. The number of rotatable bonds is 8. The van der Waals surface area contributed by atoms with Crippen molar-refractivity contribution in [3.8, 4) is 11.5 Å². The minimum atomic E-state index is -0.0274. The first-order valence-electron chi connectivity index (χ1n) is 9.67. The fraction of sp³-hybridized carbons (Fsp3) is 0.348. The Labute approximate surface area is 166 Å². The van der Waals surface area contributed by atoms with Crippen LogP contribution in [0.25, 0.3) is 6.08 Å². The molecule has 0 saturated carbocycles. The van der Waals surface area contributed by atoms with Crippen LogP contribution in [0, 0.1) is 0 Å². The first-order chi connectivity index (χ1) is 13.7. The van der Waals surface area contributed by atoms with Crippen molar-refractivity contribution in [3.63, 3.8) is 0 Å². The van der Waals surface area contributed by atoms with Gasteiger partial charge in [-0.25, -0.2) is 0 Å². The van der Waals surface area contributed by atoms with Crippen LogP contribution in [0.2, 0.25) is 0 Å². The van der Waals surface area contributed by atoms with Gasteiger partial charge in [-0.1, -0.05) is 19.1 Å². The molecule has 0 bridgehead atoms. The number of hydrogen-bond donors (Lipinski definition) is 0. The molecule has 0 amide bonds. The molecule has 0 aromatic heterocycles. The highest BCUT2D eigenvalue weighted by Crippen LogP contribution is 2.28. The van der Waals surface area contributed by atoms with Gasteiger partial charge in [0.05, 0.1) is 26.9 Å². The van der Waals surface area contributed by atoms with Crippen molar-refractivity contribution in [2.75, 3.05) is 44.9 Å². The number of ether oxygens (including phenoxy) is 3. The Balaban J connectivity index is 1.67.